The molecule has 1 heterocycles. The maximum absolute atomic E-state index is 12.3. The zero-order valence-electron chi connectivity index (χ0n) is 11.7. The molecule has 0 saturated carbocycles. The molecule has 0 radical (unpaired) electrons. The first-order valence-electron chi connectivity index (χ1n) is 6.94. The van der Waals surface area contributed by atoms with Crippen molar-refractivity contribution in [3.8, 4) is 0 Å². The van der Waals surface area contributed by atoms with Crippen LogP contribution in [0.15, 0.2) is 18.2 Å². The lowest BCUT2D eigenvalue weighted by Crippen LogP contribution is -2.38. The van der Waals surface area contributed by atoms with Crippen molar-refractivity contribution in [2.75, 3.05) is 23.4 Å². The van der Waals surface area contributed by atoms with Crippen molar-refractivity contribution < 1.29 is 4.79 Å². The van der Waals surface area contributed by atoms with Gasteiger partial charge in [-0.1, -0.05) is 0 Å². The van der Waals surface area contributed by atoms with Crippen LogP contribution in [0.5, 0.6) is 0 Å². The van der Waals surface area contributed by atoms with E-state index in [1.807, 2.05) is 36.9 Å². The van der Waals surface area contributed by atoms with Gasteiger partial charge in [-0.25, -0.2) is 0 Å². The second-order valence-electron chi connectivity index (χ2n) is 4.95. The molecule has 1 saturated heterocycles. The van der Waals surface area contributed by atoms with Crippen molar-refractivity contribution in [2.24, 2.45) is 0 Å². The van der Waals surface area contributed by atoms with Gasteiger partial charge in [0.15, 0.2) is 0 Å². The van der Waals surface area contributed by atoms with Crippen molar-refractivity contribution in [3.05, 3.63) is 29.3 Å². The van der Waals surface area contributed by atoms with Crippen LogP contribution >= 0.6 is 11.8 Å². The fourth-order valence-electron chi connectivity index (χ4n) is 2.35. The Balaban J connectivity index is 2.01. The highest BCUT2D eigenvalue weighted by atomic mass is 32.2. The molecule has 1 fully saturated rings. The van der Waals surface area contributed by atoms with Crippen molar-refractivity contribution in [3.63, 3.8) is 0 Å². The molecule has 0 aromatic heterocycles. The third-order valence-corrected chi connectivity index (χ3v) is 4.56. The highest BCUT2D eigenvalue weighted by Crippen LogP contribution is 2.19. The number of aryl methyl sites for hydroxylation is 1. The van der Waals surface area contributed by atoms with E-state index in [-0.39, 0.29) is 5.91 Å². The Bertz CT molecular complexity index is 442. The van der Waals surface area contributed by atoms with Gasteiger partial charge in [-0.15, -0.1) is 0 Å². The lowest BCUT2D eigenvalue weighted by molar-refractivity contribution is 0.0938. The van der Waals surface area contributed by atoms with Crippen molar-refractivity contribution >= 4 is 23.4 Å². The Kier molecular flexibility index (Phi) is 5.14. The number of amides is 1. The highest BCUT2D eigenvalue weighted by molar-refractivity contribution is 7.99. The molecule has 1 aromatic carbocycles. The van der Waals surface area contributed by atoms with Crippen LogP contribution in [-0.2, 0) is 0 Å². The number of carbonyl (C=O) groups is 1. The predicted molar refractivity (Wildman–Crippen MR) is 83.2 cm³/mol. The molecule has 1 aliphatic heterocycles. The standard InChI is InChI=1S/C15H22N2OS/c1-3-16-12-6-7-14(11(2)9-12)15(18)17-13-5-4-8-19-10-13/h6-7,9,13,16H,3-5,8,10H2,1-2H3,(H,17,18). The van der Waals surface area contributed by atoms with Crippen LogP contribution in [-0.4, -0.2) is 30.0 Å². The monoisotopic (exact) mass is 278 g/mol. The summed E-state index contributed by atoms with van der Waals surface area (Å²) in [5, 5.41) is 6.41. The molecular formula is C15H22N2OS. The number of anilines is 1. The van der Waals surface area contributed by atoms with E-state index in [1.54, 1.807) is 0 Å². The number of hydrogen-bond acceptors (Lipinski definition) is 3. The molecule has 1 unspecified atom stereocenters. The summed E-state index contributed by atoms with van der Waals surface area (Å²) >= 11 is 1.93. The summed E-state index contributed by atoms with van der Waals surface area (Å²) in [6.45, 7) is 4.95. The molecule has 1 atom stereocenters. The van der Waals surface area contributed by atoms with Gasteiger partial charge in [-0.05, 0) is 56.2 Å². The second-order valence-corrected chi connectivity index (χ2v) is 6.10. The van der Waals surface area contributed by atoms with Crippen LogP contribution in [0.25, 0.3) is 0 Å². The van der Waals surface area contributed by atoms with Gasteiger partial charge in [-0.3, -0.25) is 4.79 Å². The Morgan fingerprint density at radius 2 is 2.32 bits per heavy atom. The van der Waals surface area contributed by atoms with Gasteiger partial charge in [-0.2, -0.15) is 11.8 Å². The van der Waals surface area contributed by atoms with Crippen LogP contribution in [0.4, 0.5) is 5.69 Å². The fraction of sp³-hybridized carbons (Fsp3) is 0.533. The Labute approximate surface area is 119 Å². The zero-order valence-corrected chi connectivity index (χ0v) is 12.5. The first-order valence-corrected chi connectivity index (χ1v) is 8.09. The minimum Gasteiger partial charge on any atom is -0.385 e. The van der Waals surface area contributed by atoms with Crippen molar-refractivity contribution in [1.29, 1.82) is 0 Å². The van der Waals surface area contributed by atoms with Gasteiger partial charge < -0.3 is 10.6 Å². The third kappa shape index (κ3) is 3.90. The summed E-state index contributed by atoms with van der Waals surface area (Å²) in [5.41, 5.74) is 2.89. The third-order valence-electron chi connectivity index (χ3n) is 3.35. The molecule has 2 rings (SSSR count). The molecule has 0 spiro atoms. The Morgan fingerprint density at radius 1 is 1.47 bits per heavy atom. The number of carbonyl (C=O) groups excluding carboxylic acids is 1. The molecular weight excluding hydrogens is 256 g/mol. The quantitative estimate of drug-likeness (QED) is 0.889. The van der Waals surface area contributed by atoms with E-state index in [4.69, 9.17) is 0 Å². The average Bonchev–Trinajstić information content (AvgIpc) is 2.40. The van der Waals surface area contributed by atoms with Crippen LogP contribution < -0.4 is 10.6 Å². The molecule has 4 heteroatoms. The van der Waals surface area contributed by atoms with Gasteiger partial charge in [0.25, 0.3) is 5.91 Å². The molecule has 1 aliphatic rings. The summed E-state index contributed by atoms with van der Waals surface area (Å²) in [5.74, 6) is 2.33. The minimum absolute atomic E-state index is 0.0630. The smallest absolute Gasteiger partial charge is 0.251 e. The summed E-state index contributed by atoms with van der Waals surface area (Å²) < 4.78 is 0. The molecule has 3 nitrogen and oxygen atoms in total. The molecule has 1 amide bonds. The van der Waals surface area contributed by atoms with Gasteiger partial charge in [0.05, 0.1) is 0 Å². The second kappa shape index (κ2) is 6.85. The summed E-state index contributed by atoms with van der Waals surface area (Å²) in [4.78, 5) is 12.3. The van der Waals surface area contributed by atoms with Crippen molar-refractivity contribution in [2.45, 2.75) is 32.7 Å². The van der Waals surface area contributed by atoms with Crippen LogP contribution in [0.2, 0.25) is 0 Å². The topological polar surface area (TPSA) is 41.1 Å². The number of thioether (sulfide) groups is 1. The van der Waals surface area contributed by atoms with Crippen molar-refractivity contribution in [1.82, 2.24) is 5.32 Å². The number of hydrogen-bond donors (Lipinski definition) is 2. The zero-order chi connectivity index (χ0) is 13.7. The fourth-order valence-corrected chi connectivity index (χ4v) is 3.42. The van der Waals surface area contributed by atoms with Gasteiger partial charge in [0.2, 0.25) is 0 Å². The summed E-state index contributed by atoms with van der Waals surface area (Å²) in [6, 6.07) is 6.26. The Hall–Kier alpha value is -1.16. The number of rotatable bonds is 4. The predicted octanol–water partition coefficient (Wildman–Crippen LogP) is 3.05. The normalized spacial score (nSPS) is 18.9. The molecule has 2 N–H and O–H groups in total. The van der Waals surface area contributed by atoms with E-state index < -0.39 is 0 Å². The van der Waals surface area contributed by atoms with Crippen LogP contribution in [0, 0.1) is 6.92 Å². The van der Waals surface area contributed by atoms with Crippen LogP contribution in [0.1, 0.15) is 35.7 Å². The largest absolute Gasteiger partial charge is 0.385 e. The maximum Gasteiger partial charge on any atom is 0.251 e. The first kappa shape index (κ1) is 14.3. The number of benzene rings is 1. The minimum atomic E-state index is 0.0630. The van der Waals surface area contributed by atoms with Crippen LogP contribution in [0.3, 0.4) is 0 Å². The van der Waals surface area contributed by atoms with E-state index in [9.17, 15) is 4.79 Å². The van der Waals surface area contributed by atoms with E-state index in [0.717, 1.165) is 35.5 Å². The highest BCUT2D eigenvalue weighted by Gasteiger charge is 2.17. The van der Waals surface area contributed by atoms with E-state index in [0.29, 0.717) is 6.04 Å². The summed E-state index contributed by atoms with van der Waals surface area (Å²) in [7, 11) is 0. The lowest BCUT2D eigenvalue weighted by atomic mass is 10.1. The van der Waals surface area contributed by atoms with E-state index in [2.05, 4.69) is 17.6 Å². The van der Waals surface area contributed by atoms with Gasteiger partial charge in [0, 0.05) is 29.6 Å². The Morgan fingerprint density at radius 3 is 2.95 bits per heavy atom. The average molecular weight is 278 g/mol. The summed E-state index contributed by atoms with van der Waals surface area (Å²) in [6.07, 6.45) is 2.31. The van der Waals surface area contributed by atoms with Gasteiger partial charge >= 0.3 is 0 Å². The molecule has 0 aliphatic carbocycles. The van der Waals surface area contributed by atoms with E-state index in [1.165, 1.54) is 12.2 Å². The molecule has 104 valence electrons. The maximum atomic E-state index is 12.3. The molecule has 1 aromatic rings. The molecule has 19 heavy (non-hydrogen) atoms. The van der Waals surface area contributed by atoms with E-state index >= 15 is 0 Å². The first-order chi connectivity index (χ1) is 9.20. The lowest BCUT2D eigenvalue weighted by Gasteiger charge is -2.23. The SMILES string of the molecule is CCNc1ccc(C(=O)NC2CCCSC2)c(C)c1. The molecule has 0 bridgehead atoms. The van der Waals surface area contributed by atoms with Gasteiger partial charge in [0.1, 0.15) is 0 Å². The number of nitrogens with one attached hydrogen (secondary N) is 2.